The van der Waals surface area contributed by atoms with Gasteiger partial charge in [0.1, 0.15) is 11.6 Å². The van der Waals surface area contributed by atoms with Gasteiger partial charge < -0.3 is 5.32 Å². The zero-order valence-corrected chi connectivity index (χ0v) is 17.7. The summed E-state index contributed by atoms with van der Waals surface area (Å²) < 4.78 is 29.9. The van der Waals surface area contributed by atoms with Gasteiger partial charge in [-0.1, -0.05) is 55.5 Å². The van der Waals surface area contributed by atoms with Gasteiger partial charge in [0.15, 0.2) is 0 Å². The van der Waals surface area contributed by atoms with E-state index < -0.39 is 23.1 Å². The summed E-state index contributed by atoms with van der Waals surface area (Å²) in [6, 6.07) is 18.9. The second-order valence-corrected chi connectivity index (χ2v) is 7.59. The molecule has 1 amide bonds. The normalized spacial score (nSPS) is 12.0. The quantitative estimate of drug-likeness (QED) is 0.455. The highest BCUT2D eigenvalue weighted by atomic mass is 19.1. The molecule has 0 saturated heterocycles. The summed E-state index contributed by atoms with van der Waals surface area (Å²) in [4.78, 5) is 26.7. The fourth-order valence-electron chi connectivity index (χ4n) is 4.07. The van der Waals surface area contributed by atoms with E-state index in [0.717, 1.165) is 5.56 Å². The lowest BCUT2D eigenvalue weighted by Gasteiger charge is -2.21. The molecule has 162 valence electrons. The van der Waals surface area contributed by atoms with Gasteiger partial charge >= 0.3 is 0 Å². The van der Waals surface area contributed by atoms with Crippen molar-refractivity contribution >= 4 is 16.7 Å². The van der Waals surface area contributed by atoms with Gasteiger partial charge in [-0.05, 0) is 43.2 Å². The molecule has 0 aliphatic heterocycles. The molecule has 4 aromatic rings. The molecule has 0 fully saturated rings. The Hall–Kier alpha value is -3.80. The molecule has 0 radical (unpaired) electrons. The van der Waals surface area contributed by atoms with Crippen molar-refractivity contribution in [2.45, 2.75) is 26.3 Å². The van der Waals surface area contributed by atoms with E-state index in [1.54, 1.807) is 19.1 Å². The summed E-state index contributed by atoms with van der Waals surface area (Å²) in [7, 11) is 0. The molecule has 0 saturated carbocycles. The number of rotatable bonds is 5. The van der Waals surface area contributed by atoms with Gasteiger partial charge in [0.2, 0.25) is 0 Å². The molecule has 4 rings (SSSR count). The number of hydrogen-bond donors (Lipinski definition) is 1. The Balaban J connectivity index is 1.93. The maximum Gasteiger partial charge on any atom is 0.266 e. The molecular formula is C26H22F2N2O2. The minimum Gasteiger partial charge on any atom is -0.345 e. The third-order valence-electron chi connectivity index (χ3n) is 5.61. The summed E-state index contributed by atoms with van der Waals surface area (Å²) in [5, 5.41) is 3.03. The summed E-state index contributed by atoms with van der Waals surface area (Å²) in [5.41, 5.74) is 1.00. The average molecular weight is 432 g/mol. The molecule has 0 aliphatic carbocycles. The molecule has 1 atom stereocenters. The Kier molecular flexibility index (Phi) is 5.86. The van der Waals surface area contributed by atoms with Gasteiger partial charge in [0, 0.05) is 11.1 Å². The zero-order chi connectivity index (χ0) is 22.8. The van der Waals surface area contributed by atoms with Crippen molar-refractivity contribution in [1.29, 1.82) is 0 Å². The molecule has 1 N–H and O–H groups in total. The van der Waals surface area contributed by atoms with Crippen molar-refractivity contribution in [1.82, 2.24) is 9.88 Å². The van der Waals surface area contributed by atoms with Gasteiger partial charge in [-0.15, -0.1) is 0 Å². The van der Waals surface area contributed by atoms with Crippen LogP contribution in [0.1, 0.15) is 41.0 Å². The topological polar surface area (TPSA) is 51.1 Å². The molecule has 4 nitrogen and oxygen atoms in total. The molecule has 3 aromatic carbocycles. The van der Waals surface area contributed by atoms with E-state index in [0.29, 0.717) is 12.1 Å². The van der Waals surface area contributed by atoms with E-state index in [9.17, 15) is 18.4 Å². The van der Waals surface area contributed by atoms with Crippen LogP contribution in [0.15, 0.2) is 77.6 Å². The second kappa shape index (κ2) is 8.75. The van der Waals surface area contributed by atoms with Crippen molar-refractivity contribution < 1.29 is 13.6 Å². The number of nitrogens with zero attached hydrogens (tertiary/aromatic N) is 1. The van der Waals surface area contributed by atoms with Crippen LogP contribution in [0.5, 0.6) is 0 Å². The molecule has 0 spiro atoms. The van der Waals surface area contributed by atoms with Crippen LogP contribution in [0.2, 0.25) is 0 Å². The largest absolute Gasteiger partial charge is 0.345 e. The van der Waals surface area contributed by atoms with E-state index >= 15 is 0 Å². The molecule has 0 bridgehead atoms. The summed E-state index contributed by atoms with van der Waals surface area (Å²) in [5.74, 6) is -1.70. The van der Waals surface area contributed by atoms with Crippen molar-refractivity contribution in [3.63, 3.8) is 0 Å². The number of aromatic nitrogens is 1. The van der Waals surface area contributed by atoms with Gasteiger partial charge in [0.05, 0.1) is 22.7 Å². The number of fused-ring (bicyclic) bond motifs is 1. The van der Waals surface area contributed by atoms with Crippen LogP contribution in [-0.2, 0) is 0 Å². The number of amides is 1. The highest BCUT2D eigenvalue weighted by Crippen LogP contribution is 2.25. The third-order valence-corrected chi connectivity index (χ3v) is 5.61. The van der Waals surface area contributed by atoms with Gasteiger partial charge in [0.25, 0.3) is 11.5 Å². The van der Waals surface area contributed by atoms with Crippen LogP contribution >= 0.6 is 0 Å². The Morgan fingerprint density at radius 1 is 1.00 bits per heavy atom. The number of halogens is 2. The standard InChI is InChI=1S/C26H22F2N2O2/c1-3-22(17-9-5-4-6-10-17)29-25(31)23-16(2)30(19-12-7-11-18(27)15-19)26(32)24-20(23)13-8-14-21(24)28/h4-15,22H,3H2,1-2H3,(H,29,31)/t22-/m0/s1. The van der Waals surface area contributed by atoms with Crippen molar-refractivity contribution in [3.05, 3.63) is 112 Å². The average Bonchev–Trinajstić information content (AvgIpc) is 2.78. The first-order valence-corrected chi connectivity index (χ1v) is 10.4. The Labute approximate surface area is 184 Å². The number of benzene rings is 3. The first kappa shape index (κ1) is 21.4. The van der Waals surface area contributed by atoms with Gasteiger partial charge in [-0.3, -0.25) is 14.2 Å². The monoisotopic (exact) mass is 432 g/mol. The fraction of sp³-hybridized carbons (Fsp3) is 0.154. The van der Waals surface area contributed by atoms with Crippen molar-refractivity contribution in [3.8, 4) is 5.69 Å². The maximum atomic E-state index is 14.8. The minimum absolute atomic E-state index is 0.178. The third kappa shape index (κ3) is 3.80. The van der Waals surface area contributed by atoms with Crippen LogP contribution in [0.3, 0.4) is 0 Å². The van der Waals surface area contributed by atoms with Gasteiger partial charge in [-0.25, -0.2) is 8.78 Å². The second-order valence-electron chi connectivity index (χ2n) is 7.59. The SMILES string of the molecule is CC[C@H](NC(=O)c1c(C)n(-c2cccc(F)c2)c(=O)c2c(F)cccc12)c1ccccc1. The van der Waals surface area contributed by atoms with E-state index in [4.69, 9.17) is 0 Å². The highest BCUT2D eigenvalue weighted by molar-refractivity contribution is 6.08. The van der Waals surface area contributed by atoms with Crippen LogP contribution in [0, 0.1) is 18.6 Å². The molecule has 6 heteroatoms. The molecule has 1 heterocycles. The predicted octanol–water partition coefficient (Wildman–Crippen LogP) is 5.46. The summed E-state index contributed by atoms with van der Waals surface area (Å²) in [6.45, 7) is 3.56. The van der Waals surface area contributed by atoms with E-state index in [2.05, 4.69) is 5.32 Å². The molecule has 0 aliphatic rings. The lowest BCUT2D eigenvalue weighted by Crippen LogP contribution is -2.32. The van der Waals surface area contributed by atoms with Crippen LogP contribution in [0.4, 0.5) is 8.78 Å². The highest BCUT2D eigenvalue weighted by Gasteiger charge is 2.24. The smallest absolute Gasteiger partial charge is 0.266 e. The van der Waals surface area contributed by atoms with Crippen molar-refractivity contribution in [2.24, 2.45) is 0 Å². The molecular weight excluding hydrogens is 410 g/mol. The van der Waals surface area contributed by atoms with E-state index in [1.165, 1.54) is 34.9 Å². The predicted molar refractivity (Wildman–Crippen MR) is 121 cm³/mol. The number of carbonyl (C=O) groups excluding carboxylic acids is 1. The molecule has 32 heavy (non-hydrogen) atoms. The van der Waals surface area contributed by atoms with E-state index in [-0.39, 0.29) is 28.1 Å². The van der Waals surface area contributed by atoms with Gasteiger partial charge in [-0.2, -0.15) is 0 Å². The Morgan fingerprint density at radius 2 is 1.72 bits per heavy atom. The number of pyridine rings is 1. The van der Waals surface area contributed by atoms with Crippen molar-refractivity contribution in [2.75, 3.05) is 0 Å². The maximum absolute atomic E-state index is 14.8. The number of hydrogen-bond acceptors (Lipinski definition) is 2. The number of nitrogens with one attached hydrogen (secondary N) is 1. The minimum atomic E-state index is -0.734. The first-order chi connectivity index (χ1) is 15.4. The van der Waals surface area contributed by atoms with Crippen LogP contribution in [0.25, 0.3) is 16.5 Å². The van der Waals surface area contributed by atoms with E-state index in [1.807, 2.05) is 37.3 Å². The lowest BCUT2D eigenvalue weighted by atomic mass is 10.00. The first-order valence-electron chi connectivity index (χ1n) is 10.4. The van der Waals surface area contributed by atoms with Crippen LogP contribution in [-0.4, -0.2) is 10.5 Å². The lowest BCUT2D eigenvalue weighted by molar-refractivity contribution is 0.0936. The zero-order valence-electron chi connectivity index (χ0n) is 17.7. The molecule has 0 unspecified atom stereocenters. The number of carbonyl (C=O) groups is 1. The fourth-order valence-corrected chi connectivity index (χ4v) is 4.07. The Morgan fingerprint density at radius 3 is 2.41 bits per heavy atom. The molecule has 1 aromatic heterocycles. The summed E-state index contributed by atoms with van der Waals surface area (Å²) >= 11 is 0. The van der Waals surface area contributed by atoms with Crippen LogP contribution < -0.4 is 10.9 Å². The summed E-state index contributed by atoms with van der Waals surface area (Å²) in [6.07, 6.45) is 0.643. The Bertz CT molecular complexity index is 1360.